The first kappa shape index (κ1) is 24.3. The van der Waals surface area contributed by atoms with Gasteiger partial charge in [0, 0.05) is 12.6 Å². The number of nitrogens with one attached hydrogen (secondary N) is 1. The molecule has 0 heterocycles. The van der Waals surface area contributed by atoms with Crippen LogP contribution in [-0.4, -0.2) is 34.5 Å². The third kappa shape index (κ3) is 6.58. The largest absolute Gasteiger partial charge is 0.497 e. The van der Waals surface area contributed by atoms with Crippen LogP contribution >= 0.6 is 0 Å². The van der Waals surface area contributed by atoms with Crippen molar-refractivity contribution in [2.75, 3.05) is 24.5 Å². The van der Waals surface area contributed by atoms with Crippen molar-refractivity contribution in [1.82, 2.24) is 5.32 Å². The van der Waals surface area contributed by atoms with Crippen molar-refractivity contribution in [1.29, 1.82) is 0 Å². The number of rotatable bonds is 10. The van der Waals surface area contributed by atoms with E-state index in [0.717, 1.165) is 22.7 Å². The molecule has 3 aromatic rings. The number of aryl methyl sites for hydroxylation is 3. The standard InChI is InChI=1S/C26H30N2O4S/c1-20-9-13-22(14-10-20)6-5-17-27-26(29)19-28(23-7-4-8-24(18-23)32-3)33(30,31)25-15-11-21(2)12-16-25/h4,7-16,18H,5-6,17,19H2,1-3H3,(H,27,29). The second kappa shape index (κ2) is 11.0. The Hall–Kier alpha value is -3.32. The average molecular weight is 467 g/mol. The van der Waals surface area contributed by atoms with Crippen molar-refractivity contribution >= 4 is 21.6 Å². The molecule has 33 heavy (non-hydrogen) atoms. The van der Waals surface area contributed by atoms with Gasteiger partial charge in [0.15, 0.2) is 0 Å². The Labute approximate surface area is 196 Å². The molecule has 6 nitrogen and oxygen atoms in total. The predicted octanol–water partition coefficient (Wildman–Crippen LogP) is 4.26. The number of methoxy groups -OCH3 is 1. The van der Waals surface area contributed by atoms with E-state index in [4.69, 9.17) is 4.74 Å². The number of hydrogen-bond donors (Lipinski definition) is 1. The summed E-state index contributed by atoms with van der Waals surface area (Å²) < 4.78 is 33.2. The van der Waals surface area contributed by atoms with Gasteiger partial charge in [-0.2, -0.15) is 0 Å². The Bertz CT molecular complexity index is 1170. The Morgan fingerprint density at radius 2 is 1.58 bits per heavy atom. The van der Waals surface area contributed by atoms with Gasteiger partial charge < -0.3 is 10.1 Å². The van der Waals surface area contributed by atoms with Gasteiger partial charge in [-0.3, -0.25) is 9.10 Å². The zero-order valence-corrected chi connectivity index (χ0v) is 20.1. The second-order valence-corrected chi connectivity index (χ2v) is 9.83. The fourth-order valence-electron chi connectivity index (χ4n) is 3.38. The zero-order valence-electron chi connectivity index (χ0n) is 19.2. The number of sulfonamides is 1. The maximum Gasteiger partial charge on any atom is 0.264 e. The van der Waals surface area contributed by atoms with Crippen LogP contribution in [-0.2, 0) is 21.2 Å². The van der Waals surface area contributed by atoms with Gasteiger partial charge in [-0.1, -0.05) is 53.6 Å². The van der Waals surface area contributed by atoms with Crippen LogP contribution in [0.2, 0.25) is 0 Å². The molecule has 0 aliphatic rings. The summed E-state index contributed by atoms with van der Waals surface area (Å²) in [6, 6.07) is 21.6. The van der Waals surface area contributed by atoms with E-state index >= 15 is 0 Å². The number of carbonyl (C=O) groups is 1. The van der Waals surface area contributed by atoms with E-state index in [1.165, 1.54) is 18.2 Å². The van der Waals surface area contributed by atoms with E-state index in [1.54, 1.807) is 48.5 Å². The van der Waals surface area contributed by atoms with Gasteiger partial charge >= 0.3 is 0 Å². The Morgan fingerprint density at radius 3 is 2.21 bits per heavy atom. The van der Waals surface area contributed by atoms with Crippen molar-refractivity contribution in [3.63, 3.8) is 0 Å². The quantitative estimate of drug-likeness (QED) is 0.453. The summed E-state index contributed by atoms with van der Waals surface area (Å²) >= 11 is 0. The highest BCUT2D eigenvalue weighted by molar-refractivity contribution is 7.92. The zero-order chi connectivity index (χ0) is 23.8. The fourth-order valence-corrected chi connectivity index (χ4v) is 4.79. The smallest absolute Gasteiger partial charge is 0.264 e. The molecule has 3 rings (SSSR count). The summed E-state index contributed by atoms with van der Waals surface area (Å²) in [5.41, 5.74) is 3.73. The van der Waals surface area contributed by atoms with E-state index in [0.29, 0.717) is 18.0 Å². The third-order valence-corrected chi connectivity index (χ3v) is 7.11. The molecule has 0 fully saturated rings. The van der Waals surface area contributed by atoms with Crippen molar-refractivity contribution in [2.45, 2.75) is 31.6 Å². The molecule has 0 aromatic heterocycles. The number of nitrogens with zero attached hydrogens (tertiary/aromatic N) is 1. The van der Waals surface area contributed by atoms with Crippen LogP contribution < -0.4 is 14.4 Å². The minimum atomic E-state index is -3.95. The number of ether oxygens (including phenoxy) is 1. The molecule has 0 aliphatic heterocycles. The molecule has 0 saturated carbocycles. The molecule has 0 aliphatic carbocycles. The SMILES string of the molecule is COc1cccc(N(CC(=O)NCCCc2ccc(C)cc2)S(=O)(=O)c2ccc(C)cc2)c1. The lowest BCUT2D eigenvalue weighted by atomic mass is 10.1. The first-order valence-electron chi connectivity index (χ1n) is 10.9. The highest BCUT2D eigenvalue weighted by Gasteiger charge is 2.27. The van der Waals surface area contributed by atoms with E-state index in [1.807, 2.05) is 13.8 Å². The van der Waals surface area contributed by atoms with Crippen molar-refractivity contribution in [2.24, 2.45) is 0 Å². The maximum absolute atomic E-state index is 13.4. The number of anilines is 1. The van der Waals surface area contributed by atoms with Crippen LogP contribution in [0.1, 0.15) is 23.1 Å². The van der Waals surface area contributed by atoms with Gasteiger partial charge in [0.25, 0.3) is 10.0 Å². The number of hydrogen-bond acceptors (Lipinski definition) is 4. The Kier molecular flexibility index (Phi) is 8.11. The van der Waals surface area contributed by atoms with E-state index in [-0.39, 0.29) is 17.3 Å². The third-order valence-electron chi connectivity index (χ3n) is 5.32. The molecule has 0 spiro atoms. The topological polar surface area (TPSA) is 75.7 Å². The molecule has 7 heteroatoms. The van der Waals surface area contributed by atoms with Crippen LogP contribution in [0.5, 0.6) is 5.75 Å². The average Bonchev–Trinajstić information content (AvgIpc) is 2.81. The maximum atomic E-state index is 13.4. The Balaban J connectivity index is 1.72. The molecule has 1 N–H and O–H groups in total. The van der Waals surface area contributed by atoms with Gasteiger partial charge in [0.05, 0.1) is 17.7 Å². The first-order chi connectivity index (χ1) is 15.8. The summed E-state index contributed by atoms with van der Waals surface area (Å²) in [5, 5.41) is 2.85. The first-order valence-corrected chi connectivity index (χ1v) is 12.3. The predicted molar refractivity (Wildman–Crippen MR) is 131 cm³/mol. The molecular weight excluding hydrogens is 436 g/mol. The van der Waals surface area contributed by atoms with Gasteiger partial charge in [0.2, 0.25) is 5.91 Å². The van der Waals surface area contributed by atoms with E-state index in [9.17, 15) is 13.2 Å². The summed E-state index contributed by atoms with van der Waals surface area (Å²) in [5.74, 6) is 0.146. The summed E-state index contributed by atoms with van der Waals surface area (Å²) in [6.07, 6.45) is 1.60. The molecule has 0 atom stereocenters. The number of carbonyl (C=O) groups excluding carboxylic acids is 1. The number of benzene rings is 3. The lowest BCUT2D eigenvalue weighted by Gasteiger charge is -2.24. The normalized spacial score (nSPS) is 11.1. The highest BCUT2D eigenvalue weighted by Crippen LogP contribution is 2.27. The van der Waals surface area contributed by atoms with Gasteiger partial charge in [-0.05, 0) is 56.5 Å². The lowest BCUT2D eigenvalue weighted by Crippen LogP contribution is -2.41. The van der Waals surface area contributed by atoms with Gasteiger partial charge in [0.1, 0.15) is 12.3 Å². The molecular formula is C26H30N2O4S. The lowest BCUT2D eigenvalue weighted by molar-refractivity contribution is -0.119. The highest BCUT2D eigenvalue weighted by atomic mass is 32.2. The molecule has 3 aromatic carbocycles. The van der Waals surface area contributed by atoms with Gasteiger partial charge in [-0.25, -0.2) is 8.42 Å². The molecule has 1 amide bonds. The van der Waals surface area contributed by atoms with Crippen LogP contribution in [0.15, 0.2) is 77.7 Å². The monoisotopic (exact) mass is 466 g/mol. The number of amides is 1. The second-order valence-electron chi connectivity index (χ2n) is 7.97. The summed E-state index contributed by atoms with van der Waals surface area (Å²) in [4.78, 5) is 12.8. The van der Waals surface area contributed by atoms with Gasteiger partial charge in [-0.15, -0.1) is 0 Å². The van der Waals surface area contributed by atoms with Crippen molar-refractivity contribution < 1.29 is 17.9 Å². The van der Waals surface area contributed by atoms with Crippen LogP contribution in [0.25, 0.3) is 0 Å². The Morgan fingerprint density at radius 1 is 0.939 bits per heavy atom. The molecule has 174 valence electrons. The van der Waals surface area contributed by atoms with Crippen LogP contribution in [0.4, 0.5) is 5.69 Å². The fraction of sp³-hybridized carbons (Fsp3) is 0.269. The molecule has 0 bridgehead atoms. The van der Waals surface area contributed by atoms with E-state index < -0.39 is 10.0 Å². The van der Waals surface area contributed by atoms with Crippen LogP contribution in [0, 0.1) is 13.8 Å². The molecule has 0 radical (unpaired) electrons. The summed E-state index contributed by atoms with van der Waals surface area (Å²) in [7, 11) is -2.44. The van der Waals surface area contributed by atoms with Crippen molar-refractivity contribution in [3.8, 4) is 5.75 Å². The minimum absolute atomic E-state index is 0.128. The minimum Gasteiger partial charge on any atom is -0.497 e. The molecule has 0 unspecified atom stereocenters. The molecule has 0 saturated heterocycles. The summed E-state index contributed by atoms with van der Waals surface area (Å²) in [6.45, 7) is 4.07. The van der Waals surface area contributed by atoms with Crippen molar-refractivity contribution in [3.05, 3.63) is 89.5 Å². The van der Waals surface area contributed by atoms with Crippen LogP contribution in [0.3, 0.4) is 0 Å². The van der Waals surface area contributed by atoms with E-state index in [2.05, 4.69) is 29.6 Å².